The average molecular weight is 472 g/mol. The lowest BCUT2D eigenvalue weighted by molar-refractivity contribution is 1.20. The summed E-state index contributed by atoms with van der Waals surface area (Å²) in [6.07, 6.45) is 0. The van der Waals surface area contributed by atoms with Crippen molar-refractivity contribution in [2.45, 2.75) is 11.8 Å². The van der Waals surface area contributed by atoms with E-state index in [1.807, 2.05) is 11.3 Å². The van der Waals surface area contributed by atoms with E-state index >= 15 is 0 Å². The van der Waals surface area contributed by atoms with Crippen molar-refractivity contribution in [2.75, 3.05) is 0 Å². The molecule has 4 heteroatoms. The summed E-state index contributed by atoms with van der Waals surface area (Å²) in [6.45, 7) is 2.14. The lowest BCUT2D eigenvalue weighted by atomic mass is 10.1. The van der Waals surface area contributed by atoms with E-state index in [0.29, 0.717) is 0 Å². The molecule has 0 radical (unpaired) electrons. The van der Waals surface area contributed by atoms with Gasteiger partial charge in [-0.15, -0.1) is 11.3 Å². The highest BCUT2D eigenvalue weighted by Gasteiger charge is 2.15. The molecule has 16 heavy (non-hydrogen) atoms. The predicted octanol–water partition coefficient (Wildman–Crippen LogP) is 5.91. The van der Waals surface area contributed by atoms with Crippen LogP contribution in [0.1, 0.15) is 20.1 Å². The number of rotatable bonds is 2. The van der Waals surface area contributed by atoms with Gasteiger partial charge < -0.3 is 0 Å². The van der Waals surface area contributed by atoms with Crippen molar-refractivity contribution < 1.29 is 0 Å². The normalized spacial score (nSPS) is 12.8. The zero-order valence-corrected chi connectivity index (χ0v) is 14.7. The lowest BCUT2D eigenvalue weighted by Gasteiger charge is -2.11. The Balaban J connectivity index is 2.40. The van der Waals surface area contributed by atoms with E-state index in [0.717, 1.165) is 4.47 Å². The van der Waals surface area contributed by atoms with Crippen LogP contribution in [0.3, 0.4) is 0 Å². The largest absolute Gasteiger partial charge is 0.144 e. The van der Waals surface area contributed by atoms with Crippen LogP contribution in [-0.2, 0) is 0 Å². The Hall–Kier alpha value is 0.610. The first-order chi connectivity index (χ1) is 7.58. The third kappa shape index (κ3) is 2.89. The molecule has 0 aliphatic heterocycles. The summed E-state index contributed by atoms with van der Waals surface area (Å²) in [4.78, 5) is 2.99. The highest BCUT2D eigenvalue weighted by Crippen LogP contribution is 2.38. The molecule has 1 unspecified atom stereocenters. The Morgan fingerprint density at radius 1 is 1.25 bits per heavy atom. The van der Waals surface area contributed by atoms with Gasteiger partial charge in [0.25, 0.3) is 0 Å². The number of halogens is 3. The standard InChI is InChI=1S/C12H9Br2IS/c1-7-2-5-11(16-7)12(14)9-6-8(13)3-4-10(9)15/h2-6,12H,1H3. The second-order valence-electron chi connectivity index (χ2n) is 3.48. The first-order valence-corrected chi connectivity index (χ1v) is 8.33. The van der Waals surface area contributed by atoms with Crippen molar-refractivity contribution >= 4 is 65.8 Å². The van der Waals surface area contributed by atoms with Gasteiger partial charge in [-0.1, -0.05) is 31.9 Å². The quantitative estimate of drug-likeness (QED) is 0.377. The summed E-state index contributed by atoms with van der Waals surface area (Å²) in [5.41, 5.74) is 1.32. The fourth-order valence-corrected chi connectivity index (χ4v) is 4.59. The van der Waals surface area contributed by atoms with Crippen LogP contribution in [0, 0.1) is 10.5 Å². The van der Waals surface area contributed by atoms with Crippen LogP contribution >= 0.6 is 65.8 Å². The molecule has 0 N–H and O–H groups in total. The molecule has 0 aliphatic rings. The number of aryl methyl sites for hydroxylation is 1. The molecule has 0 bridgehead atoms. The summed E-state index contributed by atoms with van der Waals surface area (Å²) in [6, 6.07) is 10.7. The van der Waals surface area contributed by atoms with E-state index in [4.69, 9.17) is 0 Å². The molecule has 1 aromatic heterocycles. The van der Waals surface area contributed by atoms with Crippen LogP contribution in [-0.4, -0.2) is 0 Å². The summed E-state index contributed by atoms with van der Waals surface area (Å²) in [7, 11) is 0. The van der Waals surface area contributed by atoms with Crippen LogP contribution in [0.4, 0.5) is 0 Å². The zero-order chi connectivity index (χ0) is 11.7. The van der Waals surface area contributed by atoms with Gasteiger partial charge in [0.15, 0.2) is 0 Å². The van der Waals surface area contributed by atoms with Crippen molar-refractivity contribution in [1.82, 2.24) is 0 Å². The number of hydrogen-bond acceptors (Lipinski definition) is 1. The van der Waals surface area contributed by atoms with Crippen LogP contribution in [0.25, 0.3) is 0 Å². The Kier molecular flexibility index (Phi) is 4.49. The summed E-state index contributed by atoms with van der Waals surface area (Å²) in [5.74, 6) is 0. The molecule has 0 amide bonds. The second-order valence-corrected chi connectivity index (χ2v) is 7.79. The molecule has 1 atom stereocenters. The SMILES string of the molecule is Cc1ccc(C(Br)c2cc(Br)ccc2I)s1. The zero-order valence-electron chi connectivity index (χ0n) is 8.51. The summed E-state index contributed by atoms with van der Waals surface area (Å²) >= 11 is 11.5. The summed E-state index contributed by atoms with van der Waals surface area (Å²) < 4.78 is 2.41. The molecule has 1 heterocycles. The minimum absolute atomic E-state index is 0.288. The van der Waals surface area contributed by atoms with Gasteiger partial charge in [-0.05, 0) is 65.4 Å². The second kappa shape index (κ2) is 5.50. The van der Waals surface area contributed by atoms with Gasteiger partial charge in [0, 0.05) is 17.8 Å². The summed E-state index contributed by atoms with van der Waals surface area (Å²) in [5, 5.41) is 0. The number of hydrogen-bond donors (Lipinski definition) is 0. The average Bonchev–Trinajstić information content (AvgIpc) is 2.67. The van der Waals surface area contributed by atoms with Crippen molar-refractivity contribution in [3.8, 4) is 0 Å². The van der Waals surface area contributed by atoms with Crippen LogP contribution < -0.4 is 0 Å². The molecule has 0 nitrogen and oxygen atoms in total. The van der Waals surface area contributed by atoms with Crippen molar-refractivity contribution in [3.05, 3.63) is 53.7 Å². The van der Waals surface area contributed by atoms with Gasteiger partial charge in [0.2, 0.25) is 0 Å². The van der Waals surface area contributed by atoms with Gasteiger partial charge >= 0.3 is 0 Å². The van der Waals surface area contributed by atoms with Gasteiger partial charge in [-0.25, -0.2) is 0 Å². The Labute approximate surface area is 130 Å². The first kappa shape index (κ1) is 13.1. The molecule has 2 rings (SSSR count). The topological polar surface area (TPSA) is 0 Å². The fraction of sp³-hybridized carbons (Fsp3) is 0.167. The van der Waals surface area contributed by atoms with E-state index in [-0.39, 0.29) is 4.83 Å². The van der Waals surface area contributed by atoms with Crippen molar-refractivity contribution in [2.24, 2.45) is 0 Å². The smallest absolute Gasteiger partial charge is 0.0748 e. The van der Waals surface area contributed by atoms with Gasteiger partial charge in [-0.3, -0.25) is 0 Å². The molecular weight excluding hydrogens is 463 g/mol. The van der Waals surface area contributed by atoms with E-state index in [1.54, 1.807) is 0 Å². The van der Waals surface area contributed by atoms with Crippen LogP contribution in [0.2, 0.25) is 0 Å². The maximum atomic E-state index is 3.78. The van der Waals surface area contributed by atoms with Crippen molar-refractivity contribution in [1.29, 1.82) is 0 Å². The molecule has 2 aromatic rings. The highest BCUT2D eigenvalue weighted by atomic mass is 127. The number of alkyl halides is 1. The van der Waals surface area contributed by atoms with Gasteiger partial charge in [0.05, 0.1) is 4.83 Å². The minimum atomic E-state index is 0.288. The van der Waals surface area contributed by atoms with E-state index < -0.39 is 0 Å². The first-order valence-electron chi connectivity index (χ1n) is 4.73. The van der Waals surface area contributed by atoms with Crippen LogP contribution in [0.15, 0.2) is 34.8 Å². The minimum Gasteiger partial charge on any atom is -0.144 e. The lowest BCUT2D eigenvalue weighted by Crippen LogP contribution is -1.93. The van der Waals surface area contributed by atoms with Gasteiger partial charge in [-0.2, -0.15) is 0 Å². The predicted molar refractivity (Wildman–Crippen MR) is 86.7 cm³/mol. The molecule has 0 fully saturated rings. The molecule has 1 aromatic carbocycles. The number of benzene rings is 1. The Bertz CT molecular complexity index is 507. The maximum Gasteiger partial charge on any atom is 0.0748 e. The molecular formula is C12H9Br2IS. The van der Waals surface area contributed by atoms with E-state index in [1.165, 1.54) is 18.9 Å². The number of thiophene rings is 1. The third-order valence-corrected chi connectivity index (χ3v) is 6.07. The molecule has 0 aliphatic carbocycles. The van der Waals surface area contributed by atoms with E-state index in [2.05, 4.69) is 91.7 Å². The molecule has 84 valence electrons. The third-order valence-electron chi connectivity index (χ3n) is 2.24. The van der Waals surface area contributed by atoms with E-state index in [9.17, 15) is 0 Å². The molecule has 0 saturated heterocycles. The highest BCUT2D eigenvalue weighted by molar-refractivity contribution is 14.1. The monoisotopic (exact) mass is 470 g/mol. The van der Waals surface area contributed by atoms with Crippen molar-refractivity contribution in [3.63, 3.8) is 0 Å². The molecule has 0 spiro atoms. The Morgan fingerprint density at radius 2 is 2.00 bits per heavy atom. The van der Waals surface area contributed by atoms with Crippen LogP contribution in [0.5, 0.6) is 0 Å². The Morgan fingerprint density at radius 3 is 2.62 bits per heavy atom. The maximum absolute atomic E-state index is 3.78. The fourth-order valence-electron chi connectivity index (χ4n) is 1.45. The molecule has 0 saturated carbocycles. The van der Waals surface area contributed by atoms with Gasteiger partial charge in [0.1, 0.15) is 0 Å².